The fourth-order valence-electron chi connectivity index (χ4n) is 2.01. The van der Waals surface area contributed by atoms with E-state index in [0.717, 1.165) is 18.4 Å². The Bertz CT molecular complexity index is 232. The number of nitrogens with zero attached hydrogens (tertiary/aromatic N) is 1. The molecule has 0 aliphatic heterocycles. The van der Waals surface area contributed by atoms with E-state index in [9.17, 15) is 4.79 Å². The van der Waals surface area contributed by atoms with Gasteiger partial charge in [0.1, 0.15) is 0 Å². The van der Waals surface area contributed by atoms with Crippen LogP contribution in [0.2, 0.25) is 0 Å². The lowest BCUT2D eigenvalue weighted by Crippen LogP contribution is -2.44. The Balaban J connectivity index is 2.30. The highest BCUT2D eigenvalue weighted by Crippen LogP contribution is 2.17. The minimum absolute atomic E-state index is 0.0323. The van der Waals surface area contributed by atoms with Crippen molar-refractivity contribution in [3.8, 4) is 0 Å². The fraction of sp³-hybridized carbons (Fsp3) is 0.750. The predicted octanol–water partition coefficient (Wildman–Crippen LogP) is 2.54. The van der Waals surface area contributed by atoms with Gasteiger partial charge in [-0.1, -0.05) is 31.4 Å². The Labute approximate surface area is 92.5 Å². The van der Waals surface area contributed by atoms with Crippen LogP contribution in [0.3, 0.4) is 0 Å². The van der Waals surface area contributed by atoms with Crippen LogP contribution in [0, 0.1) is 0 Å². The Morgan fingerprint density at radius 1 is 1.40 bits per heavy atom. The first kappa shape index (κ1) is 12.1. The molecule has 0 aromatic carbocycles. The maximum atomic E-state index is 11.7. The third-order valence-electron chi connectivity index (χ3n) is 2.79. The smallest absolute Gasteiger partial charge is 0.317 e. The van der Waals surface area contributed by atoms with E-state index in [2.05, 4.69) is 11.9 Å². The Morgan fingerprint density at radius 3 is 2.53 bits per heavy atom. The Hall–Kier alpha value is -0.990. The minimum atomic E-state index is 0.0323. The lowest BCUT2D eigenvalue weighted by Gasteiger charge is -2.26. The molecule has 0 spiro atoms. The van der Waals surface area contributed by atoms with Crippen LogP contribution in [0.15, 0.2) is 12.2 Å². The normalized spacial score (nSPS) is 17.2. The summed E-state index contributed by atoms with van der Waals surface area (Å²) in [6, 6.07) is 0.420. The van der Waals surface area contributed by atoms with Gasteiger partial charge < -0.3 is 10.2 Å². The van der Waals surface area contributed by atoms with E-state index in [1.165, 1.54) is 19.3 Å². The van der Waals surface area contributed by atoms with Crippen LogP contribution in [-0.2, 0) is 0 Å². The molecule has 1 fully saturated rings. The van der Waals surface area contributed by atoms with E-state index in [1.807, 2.05) is 14.0 Å². The molecule has 0 bridgehead atoms. The van der Waals surface area contributed by atoms with Crippen LogP contribution in [0.1, 0.15) is 39.0 Å². The van der Waals surface area contributed by atoms with Crippen molar-refractivity contribution in [2.24, 2.45) is 0 Å². The maximum absolute atomic E-state index is 11.7. The van der Waals surface area contributed by atoms with Gasteiger partial charge in [0.05, 0.1) is 0 Å². The van der Waals surface area contributed by atoms with Crippen molar-refractivity contribution in [1.29, 1.82) is 0 Å². The van der Waals surface area contributed by atoms with Crippen molar-refractivity contribution in [3.63, 3.8) is 0 Å². The van der Waals surface area contributed by atoms with Crippen molar-refractivity contribution >= 4 is 6.03 Å². The highest BCUT2D eigenvalue weighted by Gasteiger charge is 2.17. The molecule has 1 aliphatic carbocycles. The van der Waals surface area contributed by atoms with Gasteiger partial charge in [0.25, 0.3) is 0 Å². The van der Waals surface area contributed by atoms with Gasteiger partial charge in [-0.05, 0) is 19.8 Å². The zero-order valence-electron chi connectivity index (χ0n) is 9.88. The van der Waals surface area contributed by atoms with Crippen LogP contribution in [-0.4, -0.2) is 30.6 Å². The molecule has 1 rings (SSSR count). The molecule has 2 amide bonds. The fourth-order valence-corrected chi connectivity index (χ4v) is 2.01. The van der Waals surface area contributed by atoms with E-state index in [4.69, 9.17) is 0 Å². The van der Waals surface area contributed by atoms with Gasteiger partial charge in [0.15, 0.2) is 0 Å². The van der Waals surface area contributed by atoms with Crippen molar-refractivity contribution in [2.45, 2.75) is 45.1 Å². The second kappa shape index (κ2) is 5.79. The standard InChI is InChI=1S/C12H22N2O/c1-10(2)9-14(3)12(15)13-11-7-5-4-6-8-11/h11H,1,4-9H2,2-3H3,(H,13,15). The molecule has 0 unspecified atom stereocenters. The molecule has 0 atom stereocenters. The molecular weight excluding hydrogens is 188 g/mol. The number of hydrogen-bond acceptors (Lipinski definition) is 1. The van der Waals surface area contributed by atoms with Crippen LogP contribution < -0.4 is 5.32 Å². The summed E-state index contributed by atoms with van der Waals surface area (Å²) in [5, 5.41) is 3.07. The molecule has 1 N–H and O–H groups in total. The van der Waals surface area contributed by atoms with Crippen LogP contribution in [0.25, 0.3) is 0 Å². The summed E-state index contributed by atoms with van der Waals surface area (Å²) in [5.41, 5.74) is 1.01. The number of carbonyl (C=O) groups is 1. The average molecular weight is 210 g/mol. The summed E-state index contributed by atoms with van der Waals surface area (Å²) >= 11 is 0. The molecule has 0 heterocycles. The van der Waals surface area contributed by atoms with Crippen molar-refractivity contribution in [2.75, 3.05) is 13.6 Å². The first-order chi connectivity index (χ1) is 7.09. The summed E-state index contributed by atoms with van der Waals surface area (Å²) in [5.74, 6) is 0. The molecule has 0 aromatic rings. The largest absolute Gasteiger partial charge is 0.335 e. The van der Waals surface area contributed by atoms with E-state index in [0.29, 0.717) is 12.6 Å². The quantitative estimate of drug-likeness (QED) is 0.713. The molecule has 3 heteroatoms. The van der Waals surface area contributed by atoms with Crippen LogP contribution >= 0.6 is 0 Å². The molecule has 3 nitrogen and oxygen atoms in total. The maximum Gasteiger partial charge on any atom is 0.317 e. The van der Waals surface area contributed by atoms with E-state index in [1.54, 1.807) is 4.90 Å². The monoisotopic (exact) mass is 210 g/mol. The minimum Gasteiger partial charge on any atom is -0.335 e. The number of rotatable bonds is 3. The molecule has 15 heavy (non-hydrogen) atoms. The third-order valence-corrected chi connectivity index (χ3v) is 2.79. The van der Waals surface area contributed by atoms with E-state index < -0.39 is 0 Å². The van der Waals surface area contributed by atoms with Crippen LogP contribution in [0.4, 0.5) is 4.79 Å². The zero-order valence-corrected chi connectivity index (χ0v) is 9.88. The second-order valence-electron chi connectivity index (χ2n) is 4.60. The molecular formula is C12H22N2O. The van der Waals surface area contributed by atoms with E-state index >= 15 is 0 Å². The number of nitrogens with one attached hydrogen (secondary N) is 1. The molecule has 0 saturated heterocycles. The number of likely N-dealkylation sites (N-methyl/N-ethyl adjacent to an activating group) is 1. The first-order valence-electron chi connectivity index (χ1n) is 5.75. The summed E-state index contributed by atoms with van der Waals surface area (Å²) in [4.78, 5) is 13.4. The average Bonchev–Trinajstić information content (AvgIpc) is 2.18. The van der Waals surface area contributed by atoms with Crippen molar-refractivity contribution in [1.82, 2.24) is 10.2 Å². The number of amides is 2. The van der Waals surface area contributed by atoms with Gasteiger partial charge in [-0.2, -0.15) is 0 Å². The van der Waals surface area contributed by atoms with Gasteiger partial charge in [0, 0.05) is 19.6 Å². The number of hydrogen-bond donors (Lipinski definition) is 1. The topological polar surface area (TPSA) is 32.3 Å². The predicted molar refractivity (Wildman–Crippen MR) is 62.8 cm³/mol. The summed E-state index contributed by atoms with van der Waals surface area (Å²) < 4.78 is 0. The van der Waals surface area contributed by atoms with Crippen molar-refractivity contribution < 1.29 is 4.79 Å². The summed E-state index contributed by atoms with van der Waals surface area (Å²) in [7, 11) is 1.81. The first-order valence-corrected chi connectivity index (χ1v) is 5.75. The van der Waals surface area contributed by atoms with Gasteiger partial charge >= 0.3 is 6.03 Å². The molecule has 1 aliphatic rings. The molecule has 0 aromatic heterocycles. The SMILES string of the molecule is C=C(C)CN(C)C(=O)NC1CCCCC1. The van der Waals surface area contributed by atoms with Gasteiger partial charge in [-0.3, -0.25) is 0 Å². The number of carbonyl (C=O) groups excluding carboxylic acids is 1. The summed E-state index contributed by atoms with van der Waals surface area (Å²) in [6.07, 6.45) is 6.07. The lowest BCUT2D eigenvalue weighted by molar-refractivity contribution is 0.204. The summed E-state index contributed by atoms with van der Waals surface area (Å²) in [6.45, 7) is 6.38. The Morgan fingerprint density at radius 2 is 2.00 bits per heavy atom. The zero-order chi connectivity index (χ0) is 11.3. The molecule has 0 radical (unpaired) electrons. The Kier molecular flexibility index (Phi) is 4.66. The van der Waals surface area contributed by atoms with Crippen molar-refractivity contribution in [3.05, 3.63) is 12.2 Å². The van der Waals surface area contributed by atoms with Gasteiger partial charge in [-0.25, -0.2) is 4.79 Å². The van der Waals surface area contributed by atoms with Gasteiger partial charge in [-0.15, -0.1) is 0 Å². The highest BCUT2D eigenvalue weighted by atomic mass is 16.2. The third kappa shape index (κ3) is 4.36. The van der Waals surface area contributed by atoms with E-state index in [-0.39, 0.29) is 6.03 Å². The van der Waals surface area contributed by atoms with Crippen LogP contribution in [0.5, 0.6) is 0 Å². The number of urea groups is 1. The molecule has 1 saturated carbocycles. The van der Waals surface area contributed by atoms with Gasteiger partial charge in [0.2, 0.25) is 0 Å². The highest BCUT2D eigenvalue weighted by molar-refractivity contribution is 5.74. The second-order valence-corrected chi connectivity index (χ2v) is 4.60. The lowest BCUT2D eigenvalue weighted by atomic mass is 9.96. The molecule has 86 valence electrons.